The summed E-state index contributed by atoms with van der Waals surface area (Å²) in [6.07, 6.45) is 1.22. The molecule has 0 atom stereocenters. The Morgan fingerprint density at radius 1 is 1.00 bits per heavy atom. The summed E-state index contributed by atoms with van der Waals surface area (Å²) in [6, 6.07) is 8.87. The van der Waals surface area contributed by atoms with Crippen LogP contribution in [0.25, 0.3) is 16.7 Å². The number of hydrogen-bond donors (Lipinski definition) is 2. The van der Waals surface area contributed by atoms with Crippen LogP contribution in [0, 0.1) is 13.8 Å². The van der Waals surface area contributed by atoms with Crippen molar-refractivity contribution in [3.05, 3.63) is 82.8 Å². The number of imidazole rings is 1. The van der Waals surface area contributed by atoms with E-state index in [4.69, 9.17) is 0 Å². The average molecular weight is 526 g/mol. The van der Waals surface area contributed by atoms with Crippen LogP contribution in [-0.4, -0.2) is 30.0 Å². The van der Waals surface area contributed by atoms with Crippen molar-refractivity contribution in [3.8, 4) is 11.6 Å². The van der Waals surface area contributed by atoms with E-state index in [1.54, 1.807) is 40.3 Å². The molecule has 34 heavy (non-hydrogen) atoms. The number of hydrogen-bond acceptors (Lipinski definition) is 5. The van der Waals surface area contributed by atoms with Crippen LogP contribution < -0.4 is 16.9 Å². The number of aliphatic imine (C=N–C) groups is 1. The van der Waals surface area contributed by atoms with Crippen molar-refractivity contribution in [2.75, 3.05) is 0 Å². The van der Waals surface area contributed by atoms with Crippen molar-refractivity contribution < 1.29 is 5.11 Å². The molecule has 2 aromatic heterocycles. The van der Waals surface area contributed by atoms with E-state index in [-0.39, 0.29) is 11.3 Å². The summed E-state index contributed by atoms with van der Waals surface area (Å²) in [7, 11) is 0. The maximum absolute atomic E-state index is 12.6. The SMILES string of the molecule is CCn1c(=O)n(CC)c2cc(N=Cc3c(O)n(-c4cc(C)c(Br)cc4C)c(=O)[nH]c3=O)ccc21. The van der Waals surface area contributed by atoms with Gasteiger partial charge in [0.05, 0.1) is 22.4 Å². The molecule has 4 rings (SSSR count). The fourth-order valence-corrected chi connectivity index (χ4v) is 4.48. The van der Waals surface area contributed by atoms with Gasteiger partial charge in [0.15, 0.2) is 0 Å². The Kier molecular flexibility index (Phi) is 6.18. The van der Waals surface area contributed by atoms with E-state index in [9.17, 15) is 19.5 Å². The average Bonchev–Trinajstić information content (AvgIpc) is 3.06. The van der Waals surface area contributed by atoms with Crippen molar-refractivity contribution >= 4 is 38.9 Å². The lowest BCUT2D eigenvalue weighted by Crippen LogP contribution is -2.31. The molecule has 9 nitrogen and oxygen atoms in total. The van der Waals surface area contributed by atoms with Crippen LogP contribution in [0.5, 0.6) is 5.88 Å². The van der Waals surface area contributed by atoms with Crippen LogP contribution in [0.3, 0.4) is 0 Å². The molecule has 0 saturated carbocycles. The maximum atomic E-state index is 12.6. The molecule has 0 radical (unpaired) electrons. The van der Waals surface area contributed by atoms with Crippen LogP contribution in [0.1, 0.15) is 30.5 Å². The van der Waals surface area contributed by atoms with Crippen molar-refractivity contribution in [1.82, 2.24) is 18.7 Å². The van der Waals surface area contributed by atoms with Gasteiger partial charge < -0.3 is 5.11 Å². The minimum absolute atomic E-state index is 0.0949. The number of nitrogens with one attached hydrogen (secondary N) is 1. The minimum Gasteiger partial charge on any atom is -0.493 e. The van der Waals surface area contributed by atoms with Crippen LogP contribution in [0.15, 0.2) is 54.2 Å². The van der Waals surface area contributed by atoms with E-state index < -0.39 is 17.1 Å². The lowest BCUT2D eigenvalue weighted by Gasteiger charge is -2.14. The first-order valence-electron chi connectivity index (χ1n) is 10.8. The normalized spacial score (nSPS) is 11.7. The minimum atomic E-state index is -0.752. The van der Waals surface area contributed by atoms with Crippen LogP contribution >= 0.6 is 15.9 Å². The fourth-order valence-electron chi connectivity index (χ4n) is 4.02. The topological polar surface area (TPSA) is 114 Å². The third kappa shape index (κ3) is 3.83. The molecule has 0 aliphatic carbocycles. The molecular formula is C24H24BrN5O4. The van der Waals surface area contributed by atoms with Gasteiger partial charge in [-0.3, -0.25) is 23.9 Å². The molecule has 176 valence electrons. The zero-order valence-electron chi connectivity index (χ0n) is 19.2. The number of nitrogens with zero attached hydrogens (tertiary/aromatic N) is 4. The Morgan fingerprint density at radius 3 is 2.35 bits per heavy atom. The maximum Gasteiger partial charge on any atom is 0.335 e. The van der Waals surface area contributed by atoms with E-state index in [0.29, 0.717) is 24.5 Å². The number of H-pyrrole nitrogens is 1. The Labute approximate surface area is 202 Å². The highest BCUT2D eigenvalue weighted by atomic mass is 79.9. The predicted molar refractivity (Wildman–Crippen MR) is 136 cm³/mol. The van der Waals surface area contributed by atoms with Gasteiger partial charge in [0, 0.05) is 23.8 Å². The van der Waals surface area contributed by atoms with E-state index >= 15 is 0 Å². The van der Waals surface area contributed by atoms with Gasteiger partial charge in [0.1, 0.15) is 5.56 Å². The molecule has 0 fully saturated rings. The second-order valence-corrected chi connectivity index (χ2v) is 8.78. The summed E-state index contributed by atoms with van der Waals surface area (Å²) in [6.45, 7) is 8.52. The predicted octanol–water partition coefficient (Wildman–Crippen LogP) is 3.52. The lowest BCUT2D eigenvalue weighted by molar-refractivity contribution is 0.430. The molecule has 0 saturated heterocycles. The van der Waals surface area contributed by atoms with Gasteiger partial charge in [-0.25, -0.2) is 14.2 Å². The first-order chi connectivity index (χ1) is 16.2. The van der Waals surface area contributed by atoms with Crippen LogP contribution in [-0.2, 0) is 13.1 Å². The van der Waals surface area contributed by atoms with Gasteiger partial charge in [0.2, 0.25) is 5.88 Å². The number of rotatable bonds is 5. The Bertz CT molecular complexity index is 1640. The summed E-state index contributed by atoms with van der Waals surface area (Å²) >= 11 is 3.45. The van der Waals surface area contributed by atoms with Gasteiger partial charge in [-0.05, 0) is 69.2 Å². The number of aromatic nitrogens is 4. The highest BCUT2D eigenvalue weighted by Gasteiger charge is 2.17. The fraction of sp³-hybridized carbons (Fsp3) is 0.250. The van der Waals surface area contributed by atoms with Crippen LogP contribution in [0.2, 0.25) is 0 Å². The summed E-state index contributed by atoms with van der Waals surface area (Å²) in [5, 5.41) is 10.9. The highest BCUT2D eigenvalue weighted by Crippen LogP contribution is 2.26. The quantitative estimate of drug-likeness (QED) is 0.388. The molecule has 0 aliphatic heterocycles. The molecule has 0 amide bonds. The molecule has 0 spiro atoms. The molecule has 0 bridgehead atoms. The molecule has 10 heteroatoms. The third-order valence-electron chi connectivity index (χ3n) is 5.82. The van der Waals surface area contributed by atoms with Gasteiger partial charge in [-0.15, -0.1) is 0 Å². The zero-order chi connectivity index (χ0) is 24.7. The van der Waals surface area contributed by atoms with Crippen molar-refractivity contribution in [2.45, 2.75) is 40.8 Å². The molecule has 2 aromatic carbocycles. The number of aryl methyl sites for hydroxylation is 4. The number of aromatic hydroxyl groups is 1. The lowest BCUT2D eigenvalue weighted by atomic mass is 10.1. The third-order valence-corrected chi connectivity index (χ3v) is 6.67. The Morgan fingerprint density at radius 2 is 1.68 bits per heavy atom. The zero-order valence-corrected chi connectivity index (χ0v) is 20.8. The summed E-state index contributed by atoms with van der Waals surface area (Å²) < 4.78 is 5.25. The second-order valence-electron chi connectivity index (χ2n) is 7.92. The van der Waals surface area contributed by atoms with Gasteiger partial charge in [0.25, 0.3) is 5.56 Å². The smallest absolute Gasteiger partial charge is 0.335 e. The first kappa shape index (κ1) is 23.5. The number of halogens is 1. The number of benzene rings is 2. The van der Waals surface area contributed by atoms with E-state index in [0.717, 1.165) is 31.2 Å². The van der Waals surface area contributed by atoms with Crippen molar-refractivity contribution in [2.24, 2.45) is 4.99 Å². The van der Waals surface area contributed by atoms with E-state index in [2.05, 4.69) is 25.9 Å². The van der Waals surface area contributed by atoms with Crippen molar-refractivity contribution in [1.29, 1.82) is 0 Å². The Balaban J connectivity index is 1.85. The van der Waals surface area contributed by atoms with Gasteiger partial charge in [-0.2, -0.15) is 0 Å². The monoisotopic (exact) mass is 525 g/mol. The Hall–Kier alpha value is -3.66. The second kappa shape index (κ2) is 8.94. The molecule has 2 heterocycles. The summed E-state index contributed by atoms with van der Waals surface area (Å²) in [5.74, 6) is -0.508. The number of aromatic amines is 1. The first-order valence-corrected chi connectivity index (χ1v) is 11.6. The molecule has 4 aromatic rings. The van der Waals surface area contributed by atoms with Crippen molar-refractivity contribution in [3.63, 3.8) is 0 Å². The van der Waals surface area contributed by atoms with Gasteiger partial charge >= 0.3 is 11.4 Å². The van der Waals surface area contributed by atoms with E-state index in [1.807, 2.05) is 26.8 Å². The molecule has 0 aliphatic rings. The molecule has 0 unspecified atom stereocenters. The van der Waals surface area contributed by atoms with Crippen LogP contribution in [0.4, 0.5) is 5.69 Å². The molecular weight excluding hydrogens is 502 g/mol. The highest BCUT2D eigenvalue weighted by molar-refractivity contribution is 9.10. The largest absolute Gasteiger partial charge is 0.493 e. The summed E-state index contributed by atoms with van der Waals surface area (Å²) in [5.41, 5.74) is 2.31. The standard InChI is InChI=1S/C24H24BrN5O4/c1-5-28-18-8-7-15(11-20(18)29(6-2)24(28)34)26-12-16-21(31)27-23(33)30(22(16)32)19-10-13(3)17(25)9-14(19)4/h7-12,32H,5-6H2,1-4H3,(H,27,31,33). The van der Waals surface area contributed by atoms with E-state index in [1.165, 1.54) is 6.21 Å². The van der Waals surface area contributed by atoms with Gasteiger partial charge in [-0.1, -0.05) is 15.9 Å². The molecule has 2 N–H and O–H groups in total. The summed E-state index contributed by atoms with van der Waals surface area (Å²) in [4.78, 5) is 44.3. The number of fused-ring (bicyclic) bond motifs is 1.